The number of amides is 1. The maximum Gasteiger partial charge on any atom is 0.268 e. The molecule has 2 aromatic carbocycles. The summed E-state index contributed by atoms with van der Waals surface area (Å²) in [6, 6.07) is 15.1. The van der Waals surface area contributed by atoms with Crippen molar-refractivity contribution in [2.45, 2.75) is 4.90 Å². The zero-order valence-corrected chi connectivity index (χ0v) is 13.3. The number of carbonyl (C=O) groups excluding carboxylic acids is 1. The molecule has 1 heterocycles. The lowest BCUT2D eigenvalue weighted by atomic mass is 10.1. The second-order valence-corrected chi connectivity index (χ2v) is 6.87. The Morgan fingerprint density at radius 1 is 1.08 bits per heavy atom. The highest BCUT2D eigenvalue weighted by molar-refractivity contribution is 7.90. The summed E-state index contributed by atoms with van der Waals surface area (Å²) in [6.45, 7) is 0. The SMILES string of the molecule is O=C(C=Cc1ccc2ccn(S(=O)(=O)c3ccccc3)c2c1)NO. The van der Waals surface area contributed by atoms with Crippen LogP contribution in [0.1, 0.15) is 5.56 Å². The minimum atomic E-state index is -3.70. The molecule has 0 saturated heterocycles. The number of fused-ring (bicyclic) bond motifs is 1. The molecule has 0 saturated carbocycles. The maximum absolute atomic E-state index is 12.8. The van der Waals surface area contributed by atoms with Crippen LogP contribution in [-0.4, -0.2) is 23.5 Å². The van der Waals surface area contributed by atoms with Gasteiger partial charge in [-0.3, -0.25) is 10.0 Å². The van der Waals surface area contributed by atoms with Gasteiger partial charge in [-0.05, 0) is 35.9 Å². The Hall–Kier alpha value is -2.90. The van der Waals surface area contributed by atoms with Crippen molar-refractivity contribution >= 4 is 32.9 Å². The highest BCUT2D eigenvalue weighted by Gasteiger charge is 2.18. The lowest BCUT2D eigenvalue weighted by Gasteiger charge is -2.08. The van der Waals surface area contributed by atoms with Crippen LogP contribution in [0.15, 0.2) is 71.8 Å². The molecule has 0 radical (unpaired) electrons. The quantitative estimate of drug-likeness (QED) is 0.433. The van der Waals surface area contributed by atoms with Crippen molar-refractivity contribution in [3.8, 4) is 0 Å². The van der Waals surface area contributed by atoms with E-state index < -0.39 is 15.9 Å². The molecule has 0 spiro atoms. The molecule has 6 nitrogen and oxygen atoms in total. The van der Waals surface area contributed by atoms with Crippen molar-refractivity contribution in [3.63, 3.8) is 0 Å². The first-order valence-corrected chi connectivity index (χ1v) is 8.50. The third-order valence-corrected chi connectivity index (χ3v) is 5.22. The fraction of sp³-hybridized carbons (Fsp3) is 0. The Bertz CT molecular complexity index is 1020. The van der Waals surface area contributed by atoms with E-state index in [9.17, 15) is 13.2 Å². The van der Waals surface area contributed by atoms with Gasteiger partial charge in [0.25, 0.3) is 15.9 Å². The monoisotopic (exact) mass is 342 g/mol. The third kappa shape index (κ3) is 2.94. The lowest BCUT2D eigenvalue weighted by molar-refractivity contribution is -0.124. The van der Waals surface area contributed by atoms with Crippen molar-refractivity contribution < 1.29 is 18.4 Å². The van der Waals surface area contributed by atoms with Crippen molar-refractivity contribution in [1.82, 2.24) is 9.45 Å². The van der Waals surface area contributed by atoms with Gasteiger partial charge in [-0.25, -0.2) is 17.9 Å². The van der Waals surface area contributed by atoms with E-state index in [1.165, 1.54) is 33.9 Å². The summed E-state index contributed by atoms with van der Waals surface area (Å²) in [5.41, 5.74) is 2.64. The second kappa shape index (κ2) is 6.31. The van der Waals surface area contributed by atoms with Gasteiger partial charge in [0, 0.05) is 17.7 Å². The number of nitrogens with one attached hydrogen (secondary N) is 1. The van der Waals surface area contributed by atoms with E-state index in [-0.39, 0.29) is 4.90 Å². The molecule has 24 heavy (non-hydrogen) atoms. The van der Waals surface area contributed by atoms with Crippen molar-refractivity contribution in [2.75, 3.05) is 0 Å². The zero-order chi connectivity index (χ0) is 17.2. The van der Waals surface area contributed by atoms with E-state index in [1.807, 2.05) is 0 Å². The summed E-state index contributed by atoms with van der Waals surface area (Å²) in [5, 5.41) is 9.26. The number of hydroxylamine groups is 1. The summed E-state index contributed by atoms with van der Waals surface area (Å²) in [7, 11) is -3.70. The molecule has 2 N–H and O–H groups in total. The van der Waals surface area contributed by atoms with Gasteiger partial charge in [0.1, 0.15) is 0 Å². The van der Waals surface area contributed by atoms with Gasteiger partial charge in [-0.15, -0.1) is 0 Å². The Balaban J connectivity index is 2.10. The van der Waals surface area contributed by atoms with Gasteiger partial charge in [-0.2, -0.15) is 0 Å². The van der Waals surface area contributed by atoms with Gasteiger partial charge in [0.15, 0.2) is 0 Å². The van der Waals surface area contributed by atoms with Crippen LogP contribution >= 0.6 is 0 Å². The van der Waals surface area contributed by atoms with E-state index in [0.717, 1.165) is 11.5 Å². The maximum atomic E-state index is 12.8. The highest BCUT2D eigenvalue weighted by Crippen LogP contribution is 2.23. The van der Waals surface area contributed by atoms with Crippen LogP contribution in [-0.2, 0) is 14.8 Å². The van der Waals surface area contributed by atoms with E-state index in [0.29, 0.717) is 11.1 Å². The van der Waals surface area contributed by atoms with E-state index in [1.54, 1.807) is 42.5 Å². The van der Waals surface area contributed by atoms with Crippen LogP contribution in [0, 0.1) is 0 Å². The molecule has 0 bridgehead atoms. The van der Waals surface area contributed by atoms with Crippen molar-refractivity contribution in [3.05, 3.63) is 72.4 Å². The number of aromatic nitrogens is 1. The third-order valence-electron chi connectivity index (χ3n) is 3.52. The number of hydrogen-bond acceptors (Lipinski definition) is 4. The molecular weight excluding hydrogens is 328 g/mol. The second-order valence-electron chi connectivity index (χ2n) is 5.06. The fourth-order valence-corrected chi connectivity index (χ4v) is 3.72. The molecule has 122 valence electrons. The summed E-state index contributed by atoms with van der Waals surface area (Å²) >= 11 is 0. The summed E-state index contributed by atoms with van der Waals surface area (Å²) in [5.74, 6) is -0.664. The Morgan fingerprint density at radius 3 is 2.54 bits per heavy atom. The van der Waals surface area contributed by atoms with Crippen LogP contribution in [0.4, 0.5) is 0 Å². The summed E-state index contributed by atoms with van der Waals surface area (Å²) in [4.78, 5) is 11.3. The normalized spacial score (nSPS) is 11.9. The van der Waals surface area contributed by atoms with Crippen LogP contribution in [0.5, 0.6) is 0 Å². The first kappa shape index (κ1) is 16.0. The number of hydrogen-bond donors (Lipinski definition) is 2. The minimum Gasteiger partial charge on any atom is -0.288 e. The average Bonchev–Trinajstić information content (AvgIpc) is 3.04. The molecule has 0 aliphatic rings. The number of benzene rings is 2. The molecule has 0 aliphatic heterocycles. The van der Waals surface area contributed by atoms with E-state index in [2.05, 4.69) is 0 Å². The Kier molecular flexibility index (Phi) is 4.20. The Labute approximate surface area is 138 Å². The molecule has 0 atom stereocenters. The molecule has 3 aromatic rings. The zero-order valence-electron chi connectivity index (χ0n) is 12.5. The first-order chi connectivity index (χ1) is 11.5. The molecule has 0 aliphatic carbocycles. The minimum absolute atomic E-state index is 0.197. The van der Waals surface area contributed by atoms with E-state index in [4.69, 9.17) is 5.21 Å². The number of carbonyl (C=O) groups is 1. The van der Waals surface area contributed by atoms with Crippen molar-refractivity contribution in [1.29, 1.82) is 0 Å². The average molecular weight is 342 g/mol. The largest absolute Gasteiger partial charge is 0.288 e. The topological polar surface area (TPSA) is 88.4 Å². The predicted molar refractivity (Wildman–Crippen MR) is 89.9 cm³/mol. The van der Waals surface area contributed by atoms with Gasteiger partial charge in [0.05, 0.1) is 10.4 Å². The number of nitrogens with zero attached hydrogens (tertiary/aromatic N) is 1. The van der Waals surface area contributed by atoms with Crippen LogP contribution in [0.2, 0.25) is 0 Å². The molecule has 1 amide bonds. The summed E-state index contributed by atoms with van der Waals surface area (Å²) in [6.07, 6.45) is 4.14. The highest BCUT2D eigenvalue weighted by atomic mass is 32.2. The Morgan fingerprint density at radius 2 is 1.83 bits per heavy atom. The molecule has 1 aromatic heterocycles. The molecular formula is C17H14N2O4S. The fourth-order valence-electron chi connectivity index (χ4n) is 2.35. The standard InChI is InChI=1S/C17H14N2O4S/c20-17(18-21)9-7-13-6-8-14-10-11-19(16(14)12-13)24(22,23)15-4-2-1-3-5-15/h1-12,21H,(H,18,20). The molecule has 7 heteroatoms. The van der Waals surface area contributed by atoms with Gasteiger partial charge in [-0.1, -0.05) is 30.3 Å². The van der Waals surface area contributed by atoms with Crippen LogP contribution in [0.3, 0.4) is 0 Å². The smallest absolute Gasteiger partial charge is 0.268 e. The molecule has 0 unspecified atom stereocenters. The predicted octanol–water partition coefficient (Wildman–Crippen LogP) is 2.40. The van der Waals surface area contributed by atoms with Crippen LogP contribution < -0.4 is 5.48 Å². The molecule has 3 rings (SSSR count). The van der Waals surface area contributed by atoms with Gasteiger partial charge < -0.3 is 0 Å². The first-order valence-electron chi connectivity index (χ1n) is 7.06. The van der Waals surface area contributed by atoms with Crippen LogP contribution in [0.25, 0.3) is 17.0 Å². The molecule has 0 fully saturated rings. The number of rotatable bonds is 4. The van der Waals surface area contributed by atoms with Gasteiger partial charge >= 0.3 is 0 Å². The summed E-state index contributed by atoms with van der Waals surface area (Å²) < 4.78 is 26.8. The van der Waals surface area contributed by atoms with Crippen molar-refractivity contribution in [2.24, 2.45) is 0 Å². The lowest BCUT2D eigenvalue weighted by Crippen LogP contribution is -2.14. The van der Waals surface area contributed by atoms with E-state index >= 15 is 0 Å². The van der Waals surface area contributed by atoms with Gasteiger partial charge in [0.2, 0.25) is 0 Å².